The summed E-state index contributed by atoms with van der Waals surface area (Å²) in [6.45, 7) is 2.94. The molecule has 15 heavy (non-hydrogen) atoms. The number of aromatic nitrogens is 1. The summed E-state index contributed by atoms with van der Waals surface area (Å²) in [6, 6.07) is 6.79. The zero-order chi connectivity index (χ0) is 10.8. The molecular formula is C12H14FNO. The largest absolute Gasteiger partial charge is 0.396 e. The van der Waals surface area contributed by atoms with Crippen LogP contribution in [-0.2, 0) is 13.0 Å². The number of halogens is 1. The Balaban J connectivity index is 2.63. The normalized spacial score (nSPS) is 11.1. The predicted molar refractivity (Wildman–Crippen MR) is 58.4 cm³/mol. The van der Waals surface area contributed by atoms with Crippen LogP contribution in [0.2, 0.25) is 0 Å². The average molecular weight is 207 g/mol. The van der Waals surface area contributed by atoms with Crippen molar-refractivity contribution < 1.29 is 9.50 Å². The Morgan fingerprint density at radius 1 is 1.33 bits per heavy atom. The van der Waals surface area contributed by atoms with Crippen LogP contribution in [0.1, 0.15) is 12.6 Å². The number of benzene rings is 1. The van der Waals surface area contributed by atoms with Crippen LogP contribution in [-0.4, -0.2) is 16.3 Å². The molecule has 2 aromatic rings. The van der Waals surface area contributed by atoms with Crippen molar-refractivity contribution >= 4 is 10.9 Å². The van der Waals surface area contributed by atoms with E-state index in [1.807, 2.05) is 17.6 Å². The molecule has 0 bridgehead atoms. The number of aryl methyl sites for hydroxylation is 1. The molecule has 0 unspecified atom stereocenters. The van der Waals surface area contributed by atoms with Crippen molar-refractivity contribution in [3.05, 3.63) is 35.8 Å². The SMILES string of the molecule is CCn1c(CCO)cc2ccc(F)cc21. The van der Waals surface area contributed by atoms with Crippen LogP contribution >= 0.6 is 0 Å². The van der Waals surface area contributed by atoms with Gasteiger partial charge in [-0.15, -0.1) is 0 Å². The Labute approximate surface area is 88.0 Å². The van der Waals surface area contributed by atoms with Crippen molar-refractivity contribution in [2.75, 3.05) is 6.61 Å². The van der Waals surface area contributed by atoms with E-state index < -0.39 is 0 Å². The molecule has 0 fully saturated rings. The molecule has 80 valence electrons. The van der Waals surface area contributed by atoms with Gasteiger partial charge in [0.1, 0.15) is 5.82 Å². The van der Waals surface area contributed by atoms with E-state index in [0.717, 1.165) is 23.1 Å². The molecule has 1 N–H and O–H groups in total. The summed E-state index contributed by atoms with van der Waals surface area (Å²) in [5, 5.41) is 9.96. The lowest BCUT2D eigenvalue weighted by Gasteiger charge is -2.06. The summed E-state index contributed by atoms with van der Waals surface area (Å²) in [7, 11) is 0. The van der Waals surface area contributed by atoms with Crippen LogP contribution in [0.4, 0.5) is 4.39 Å². The second kappa shape index (κ2) is 4.03. The minimum absolute atomic E-state index is 0.124. The molecule has 0 aliphatic carbocycles. The van der Waals surface area contributed by atoms with Crippen LogP contribution in [0, 0.1) is 5.82 Å². The molecule has 0 amide bonds. The molecule has 0 atom stereocenters. The fourth-order valence-corrected chi connectivity index (χ4v) is 1.98. The molecule has 1 aromatic heterocycles. The lowest BCUT2D eigenvalue weighted by atomic mass is 10.2. The fourth-order valence-electron chi connectivity index (χ4n) is 1.98. The van der Waals surface area contributed by atoms with Gasteiger partial charge in [0, 0.05) is 30.7 Å². The third-order valence-electron chi connectivity index (χ3n) is 2.64. The molecule has 0 aliphatic heterocycles. The topological polar surface area (TPSA) is 25.2 Å². The standard InChI is InChI=1S/C12H14FNO/c1-2-14-11(5-6-15)7-9-3-4-10(13)8-12(9)14/h3-4,7-8,15H,2,5-6H2,1H3. The van der Waals surface area contributed by atoms with E-state index in [0.29, 0.717) is 6.42 Å². The summed E-state index contributed by atoms with van der Waals surface area (Å²) in [4.78, 5) is 0. The lowest BCUT2D eigenvalue weighted by Crippen LogP contribution is -2.02. The maximum Gasteiger partial charge on any atom is 0.125 e. The second-order valence-electron chi connectivity index (χ2n) is 3.56. The maximum absolute atomic E-state index is 13.1. The zero-order valence-corrected chi connectivity index (χ0v) is 8.70. The number of fused-ring (bicyclic) bond motifs is 1. The fraction of sp³-hybridized carbons (Fsp3) is 0.333. The second-order valence-corrected chi connectivity index (χ2v) is 3.56. The zero-order valence-electron chi connectivity index (χ0n) is 8.70. The van der Waals surface area contributed by atoms with Gasteiger partial charge in [0.2, 0.25) is 0 Å². The van der Waals surface area contributed by atoms with Crippen molar-refractivity contribution in [3.63, 3.8) is 0 Å². The Bertz CT molecular complexity index is 476. The summed E-state index contributed by atoms with van der Waals surface area (Å²) >= 11 is 0. The average Bonchev–Trinajstić information content (AvgIpc) is 2.55. The molecule has 0 saturated heterocycles. The van der Waals surface area contributed by atoms with E-state index in [-0.39, 0.29) is 12.4 Å². The number of hydrogen-bond donors (Lipinski definition) is 1. The van der Waals surface area contributed by atoms with Crippen LogP contribution in [0.15, 0.2) is 24.3 Å². The van der Waals surface area contributed by atoms with E-state index in [1.165, 1.54) is 6.07 Å². The molecule has 2 rings (SSSR count). The van der Waals surface area contributed by atoms with Crippen LogP contribution in [0.25, 0.3) is 10.9 Å². The monoisotopic (exact) mass is 207 g/mol. The van der Waals surface area contributed by atoms with Gasteiger partial charge < -0.3 is 9.67 Å². The van der Waals surface area contributed by atoms with Gasteiger partial charge in [-0.05, 0) is 31.2 Å². The molecule has 1 heterocycles. The van der Waals surface area contributed by atoms with Crippen LogP contribution in [0.3, 0.4) is 0 Å². The Hall–Kier alpha value is -1.35. The van der Waals surface area contributed by atoms with E-state index in [9.17, 15) is 4.39 Å². The first kappa shape index (κ1) is 10.2. The van der Waals surface area contributed by atoms with E-state index in [4.69, 9.17) is 5.11 Å². The van der Waals surface area contributed by atoms with Crippen LogP contribution in [0.5, 0.6) is 0 Å². The Kier molecular flexibility index (Phi) is 2.73. The Morgan fingerprint density at radius 2 is 2.13 bits per heavy atom. The molecule has 0 radical (unpaired) electrons. The number of aliphatic hydroxyl groups is 1. The smallest absolute Gasteiger partial charge is 0.125 e. The first-order valence-electron chi connectivity index (χ1n) is 5.14. The first-order valence-corrected chi connectivity index (χ1v) is 5.14. The number of aliphatic hydroxyl groups excluding tert-OH is 1. The maximum atomic E-state index is 13.1. The third kappa shape index (κ3) is 1.75. The molecule has 1 aromatic carbocycles. The van der Waals surface area contributed by atoms with E-state index >= 15 is 0 Å². The van der Waals surface area contributed by atoms with E-state index in [1.54, 1.807) is 12.1 Å². The van der Waals surface area contributed by atoms with Gasteiger partial charge in [0.15, 0.2) is 0 Å². The minimum atomic E-state index is -0.217. The van der Waals surface area contributed by atoms with Gasteiger partial charge >= 0.3 is 0 Å². The lowest BCUT2D eigenvalue weighted by molar-refractivity contribution is 0.296. The van der Waals surface area contributed by atoms with Crippen molar-refractivity contribution in [2.24, 2.45) is 0 Å². The van der Waals surface area contributed by atoms with Gasteiger partial charge in [0.25, 0.3) is 0 Å². The molecule has 0 saturated carbocycles. The highest BCUT2D eigenvalue weighted by Gasteiger charge is 2.07. The Morgan fingerprint density at radius 3 is 2.80 bits per heavy atom. The highest BCUT2D eigenvalue weighted by Crippen LogP contribution is 2.21. The van der Waals surface area contributed by atoms with Crippen molar-refractivity contribution in [1.82, 2.24) is 4.57 Å². The van der Waals surface area contributed by atoms with Gasteiger partial charge in [0.05, 0.1) is 5.52 Å². The molecule has 0 spiro atoms. The molecule has 0 aliphatic rings. The van der Waals surface area contributed by atoms with Gasteiger partial charge in [-0.3, -0.25) is 0 Å². The summed E-state index contributed by atoms with van der Waals surface area (Å²) < 4.78 is 15.1. The number of nitrogens with zero attached hydrogens (tertiary/aromatic N) is 1. The van der Waals surface area contributed by atoms with Crippen LogP contribution < -0.4 is 0 Å². The van der Waals surface area contributed by atoms with E-state index in [2.05, 4.69) is 0 Å². The number of rotatable bonds is 3. The van der Waals surface area contributed by atoms with Gasteiger partial charge in [-0.2, -0.15) is 0 Å². The first-order chi connectivity index (χ1) is 7.26. The quantitative estimate of drug-likeness (QED) is 0.821. The molecule has 2 nitrogen and oxygen atoms in total. The molecule has 3 heteroatoms. The van der Waals surface area contributed by atoms with Crippen molar-refractivity contribution in [3.8, 4) is 0 Å². The summed E-state index contributed by atoms with van der Waals surface area (Å²) in [5.41, 5.74) is 1.96. The third-order valence-corrected chi connectivity index (χ3v) is 2.64. The predicted octanol–water partition coefficient (Wildman–Crippen LogP) is 2.34. The van der Waals surface area contributed by atoms with Gasteiger partial charge in [-0.25, -0.2) is 4.39 Å². The highest BCUT2D eigenvalue weighted by atomic mass is 19.1. The van der Waals surface area contributed by atoms with Crippen molar-refractivity contribution in [1.29, 1.82) is 0 Å². The highest BCUT2D eigenvalue weighted by molar-refractivity contribution is 5.81. The minimum Gasteiger partial charge on any atom is -0.396 e. The summed E-state index contributed by atoms with van der Waals surface area (Å²) in [6.07, 6.45) is 0.615. The molecular weight excluding hydrogens is 193 g/mol. The summed E-state index contributed by atoms with van der Waals surface area (Å²) in [5.74, 6) is -0.217. The van der Waals surface area contributed by atoms with Gasteiger partial charge in [-0.1, -0.05) is 0 Å². The number of hydrogen-bond acceptors (Lipinski definition) is 1. The van der Waals surface area contributed by atoms with Crippen molar-refractivity contribution in [2.45, 2.75) is 19.9 Å².